The Kier molecular flexibility index (Phi) is 3.17. The molecule has 0 amide bonds. The van der Waals surface area contributed by atoms with Crippen molar-refractivity contribution in [1.82, 2.24) is 0 Å². The molecule has 2 heterocycles. The van der Waals surface area contributed by atoms with Crippen LogP contribution < -0.4 is 0 Å². The van der Waals surface area contributed by atoms with E-state index in [0.29, 0.717) is 17.9 Å². The van der Waals surface area contributed by atoms with Crippen LogP contribution in [0.25, 0.3) is 0 Å². The Morgan fingerprint density at radius 3 is 2.78 bits per heavy atom. The lowest BCUT2D eigenvalue weighted by molar-refractivity contribution is -0.134. The van der Waals surface area contributed by atoms with Gasteiger partial charge in [0, 0.05) is 5.56 Å². The molecule has 0 saturated heterocycles. The predicted octanol–water partition coefficient (Wildman–Crippen LogP) is 2.50. The number of rotatable bonds is 4. The lowest BCUT2D eigenvalue weighted by atomic mass is 10.0. The van der Waals surface area contributed by atoms with Gasteiger partial charge >= 0.3 is 5.97 Å². The smallest absolute Gasteiger partial charge is 0.338 e. The summed E-state index contributed by atoms with van der Waals surface area (Å²) in [7, 11) is 0. The maximum atomic E-state index is 11.4. The Hall–Kier alpha value is -1.75. The molecule has 0 aliphatic carbocycles. The zero-order valence-corrected chi connectivity index (χ0v) is 10.6. The minimum atomic E-state index is -1.03. The minimum Gasteiger partial charge on any atom is -0.494 e. The van der Waals surface area contributed by atoms with E-state index in [2.05, 4.69) is 0 Å². The standard InChI is InChI=1S/C13H16O5/c1-4-17-11-9(12(14)15)10(18-13(11,2)3)8-5-6-16-7-8/h5-7,10H,4H2,1-3H3,(H,14,15)/t10-/m0/s1. The first-order valence-corrected chi connectivity index (χ1v) is 5.78. The van der Waals surface area contributed by atoms with E-state index < -0.39 is 17.7 Å². The Bertz CT molecular complexity index is 470. The van der Waals surface area contributed by atoms with E-state index >= 15 is 0 Å². The normalized spacial score (nSPS) is 22.3. The zero-order valence-electron chi connectivity index (χ0n) is 10.6. The van der Waals surface area contributed by atoms with Crippen LogP contribution in [-0.4, -0.2) is 23.3 Å². The van der Waals surface area contributed by atoms with Crippen LogP contribution in [0.5, 0.6) is 0 Å². The summed E-state index contributed by atoms with van der Waals surface area (Å²) in [5.74, 6) is -0.654. The molecule has 1 aromatic heterocycles. The molecule has 1 aromatic rings. The summed E-state index contributed by atoms with van der Waals surface area (Å²) in [6.45, 7) is 5.80. The fraction of sp³-hybridized carbons (Fsp3) is 0.462. The van der Waals surface area contributed by atoms with Crippen molar-refractivity contribution < 1.29 is 23.8 Å². The Morgan fingerprint density at radius 2 is 2.28 bits per heavy atom. The Morgan fingerprint density at radius 1 is 1.56 bits per heavy atom. The first-order valence-electron chi connectivity index (χ1n) is 5.78. The van der Waals surface area contributed by atoms with E-state index in [4.69, 9.17) is 13.9 Å². The van der Waals surface area contributed by atoms with Crippen molar-refractivity contribution in [2.45, 2.75) is 32.5 Å². The van der Waals surface area contributed by atoms with Gasteiger partial charge in [-0.05, 0) is 26.8 Å². The minimum absolute atomic E-state index is 0.142. The van der Waals surface area contributed by atoms with Crippen molar-refractivity contribution in [2.24, 2.45) is 0 Å². The lowest BCUT2D eigenvalue weighted by Crippen LogP contribution is -2.24. The highest BCUT2D eigenvalue weighted by atomic mass is 16.6. The quantitative estimate of drug-likeness (QED) is 0.891. The highest BCUT2D eigenvalue weighted by molar-refractivity contribution is 5.89. The number of aliphatic carboxylic acids is 1. The third-order valence-corrected chi connectivity index (χ3v) is 2.83. The molecule has 1 aliphatic rings. The second-order valence-corrected chi connectivity index (χ2v) is 4.55. The second-order valence-electron chi connectivity index (χ2n) is 4.55. The Labute approximate surface area is 105 Å². The summed E-state index contributed by atoms with van der Waals surface area (Å²) in [6.07, 6.45) is 2.32. The van der Waals surface area contributed by atoms with Crippen LogP contribution in [0.1, 0.15) is 32.4 Å². The van der Waals surface area contributed by atoms with Crippen LogP contribution in [0.3, 0.4) is 0 Å². The van der Waals surface area contributed by atoms with E-state index in [0.717, 1.165) is 0 Å². The van der Waals surface area contributed by atoms with Crippen LogP contribution in [0.15, 0.2) is 34.3 Å². The van der Waals surface area contributed by atoms with Gasteiger partial charge in [0.2, 0.25) is 0 Å². The van der Waals surface area contributed by atoms with Crippen molar-refractivity contribution >= 4 is 5.97 Å². The van der Waals surface area contributed by atoms with Gasteiger partial charge in [0.1, 0.15) is 23.0 Å². The maximum absolute atomic E-state index is 11.4. The molecule has 5 nitrogen and oxygen atoms in total. The molecule has 0 spiro atoms. The summed E-state index contributed by atoms with van der Waals surface area (Å²) in [4.78, 5) is 11.4. The number of furan rings is 1. The Balaban J connectivity index is 2.48. The van der Waals surface area contributed by atoms with Crippen LogP contribution in [0.4, 0.5) is 0 Å². The highest BCUT2D eigenvalue weighted by Crippen LogP contribution is 2.44. The summed E-state index contributed by atoms with van der Waals surface area (Å²) in [6, 6.07) is 1.69. The SMILES string of the molecule is CCOC1=C(C(=O)O)[C@H](c2ccoc2)OC1(C)C. The summed E-state index contributed by atoms with van der Waals surface area (Å²) in [5.41, 5.74) is 0.0597. The van der Waals surface area contributed by atoms with Gasteiger partial charge in [-0.1, -0.05) is 0 Å². The molecular formula is C13H16O5. The van der Waals surface area contributed by atoms with Crippen LogP contribution in [0.2, 0.25) is 0 Å². The maximum Gasteiger partial charge on any atom is 0.338 e. The third-order valence-electron chi connectivity index (χ3n) is 2.83. The monoisotopic (exact) mass is 252 g/mol. The molecule has 1 atom stereocenters. The molecule has 0 unspecified atom stereocenters. The molecule has 0 fully saturated rings. The van der Waals surface area contributed by atoms with Gasteiger partial charge in [-0.2, -0.15) is 0 Å². The van der Waals surface area contributed by atoms with Crippen molar-refractivity contribution in [2.75, 3.05) is 6.61 Å². The fourth-order valence-corrected chi connectivity index (χ4v) is 2.11. The van der Waals surface area contributed by atoms with E-state index in [-0.39, 0.29) is 5.57 Å². The molecule has 2 rings (SSSR count). The number of hydrogen-bond donors (Lipinski definition) is 1. The zero-order chi connectivity index (χ0) is 13.3. The topological polar surface area (TPSA) is 68.9 Å². The number of carboxylic acid groups (broad SMARTS) is 1. The van der Waals surface area contributed by atoms with Gasteiger partial charge in [0.25, 0.3) is 0 Å². The molecule has 0 saturated carbocycles. The van der Waals surface area contributed by atoms with E-state index in [1.807, 2.05) is 6.92 Å². The molecule has 0 radical (unpaired) electrons. The van der Waals surface area contributed by atoms with Crippen molar-refractivity contribution in [3.05, 3.63) is 35.5 Å². The molecule has 1 aliphatic heterocycles. The summed E-state index contributed by atoms with van der Waals surface area (Å²) < 4.78 is 16.2. The highest BCUT2D eigenvalue weighted by Gasteiger charge is 2.46. The van der Waals surface area contributed by atoms with Crippen molar-refractivity contribution in [3.8, 4) is 0 Å². The van der Waals surface area contributed by atoms with Crippen molar-refractivity contribution in [3.63, 3.8) is 0 Å². The second kappa shape index (κ2) is 4.49. The van der Waals surface area contributed by atoms with Gasteiger partial charge < -0.3 is 19.0 Å². The summed E-state index contributed by atoms with van der Waals surface area (Å²) in [5, 5.41) is 9.36. The molecule has 18 heavy (non-hydrogen) atoms. The molecule has 98 valence electrons. The average molecular weight is 252 g/mol. The summed E-state index contributed by atoms with van der Waals surface area (Å²) >= 11 is 0. The van der Waals surface area contributed by atoms with E-state index in [1.165, 1.54) is 12.5 Å². The largest absolute Gasteiger partial charge is 0.494 e. The molecule has 1 N–H and O–H groups in total. The fourth-order valence-electron chi connectivity index (χ4n) is 2.11. The number of carbonyl (C=O) groups is 1. The van der Waals surface area contributed by atoms with Crippen LogP contribution in [0, 0.1) is 0 Å². The third kappa shape index (κ3) is 2.01. The van der Waals surface area contributed by atoms with Gasteiger partial charge in [0.05, 0.1) is 19.1 Å². The molecule has 0 aromatic carbocycles. The predicted molar refractivity (Wildman–Crippen MR) is 62.9 cm³/mol. The first-order chi connectivity index (χ1) is 8.47. The average Bonchev–Trinajstić information content (AvgIpc) is 2.86. The van der Waals surface area contributed by atoms with Gasteiger partial charge in [0.15, 0.2) is 0 Å². The molecule has 5 heteroatoms. The van der Waals surface area contributed by atoms with Crippen molar-refractivity contribution in [1.29, 1.82) is 0 Å². The van der Waals surface area contributed by atoms with Gasteiger partial charge in [-0.15, -0.1) is 0 Å². The van der Waals surface area contributed by atoms with Crippen LogP contribution in [-0.2, 0) is 14.3 Å². The van der Waals surface area contributed by atoms with Crippen LogP contribution >= 0.6 is 0 Å². The molecule has 0 bridgehead atoms. The van der Waals surface area contributed by atoms with Gasteiger partial charge in [-0.25, -0.2) is 4.79 Å². The van der Waals surface area contributed by atoms with E-state index in [1.54, 1.807) is 19.9 Å². The number of ether oxygens (including phenoxy) is 2. The molecular weight excluding hydrogens is 236 g/mol. The number of hydrogen-bond acceptors (Lipinski definition) is 4. The lowest BCUT2D eigenvalue weighted by Gasteiger charge is -2.22. The van der Waals surface area contributed by atoms with Gasteiger partial charge in [-0.3, -0.25) is 0 Å². The van der Waals surface area contributed by atoms with E-state index in [9.17, 15) is 9.90 Å². The number of carboxylic acids is 1. The first kappa shape index (κ1) is 12.7.